The van der Waals surface area contributed by atoms with Gasteiger partial charge in [0.1, 0.15) is 5.82 Å². The van der Waals surface area contributed by atoms with Gasteiger partial charge in [0.05, 0.1) is 5.75 Å². The molecule has 2 aromatic heterocycles. The van der Waals surface area contributed by atoms with Gasteiger partial charge in [-0.15, -0.1) is 0 Å². The average Bonchev–Trinajstić information content (AvgIpc) is 2.84. The van der Waals surface area contributed by atoms with Gasteiger partial charge in [-0.1, -0.05) is 0 Å². The van der Waals surface area contributed by atoms with Gasteiger partial charge in [-0.2, -0.15) is 0 Å². The Labute approximate surface area is 130 Å². The lowest BCUT2D eigenvalue weighted by Crippen LogP contribution is -2.51. The largest absolute Gasteiger partial charge is 0.328 e. The molecule has 0 unspecified atom stereocenters. The summed E-state index contributed by atoms with van der Waals surface area (Å²) >= 11 is 0. The molecule has 3 heterocycles. The van der Waals surface area contributed by atoms with Crippen LogP contribution in [0.15, 0.2) is 30.7 Å². The molecule has 1 aliphatic heterocycles. The van der Waals surface area contributed by atoms with E-state index in [0.29, 0.717) is 19.0 Å². The van der Waals surface area contributed by atoms with Gasteiger partial charge in [-0.05, 0) is 26.0 Å². The first-order chi connectivity index (χ1) is 10.5. The van der Waals surface area contributed by atoms with Gasteiger partial charge in [-0.3, -0.25) is 4.98 Å². The molecule has 2 aromatic rings. The van der Waals surface area contributed by atoms with Gasteiger partial charge in [0.2, 0.25) is 10.0 Å². The minimum atomic E-state index is -3.05. The Kier molecular flexibility index (Phi) is 4.01. The highest BCUT2D eigenvalue weighted by Crippen LogP contribution is 2.25. The number of sulfonamides is 1. The topological polar surface area (TPSA) is 68.1 Å². The molecule has 1 fully saturated rings. The summed E-state index contributed by atoms with van der Waals surface area (Å²) < 4.78 is 27.3. The first kappa shape index (κ1) is 15.2. The lowest BCUT2D eigenvalue weighted by molar-refractivity contribution is 0.180. The summed E-state index contributed by atoms with van der Waals surface area (Å²) in [5.41, 5.74) is 2.11. The third kappa shape index (κ3) is 2.78. The standard InChI is InChI=1S/C15H20N4O2S/c1-3-22(20,21)18-9-13(10-18)11-19-12(2)8-17-15(19)14-4-6-16-7-5-14/h4-8,13H,3,9-11H2,1-2H3. The maximum Gasteiger partial charge on any atom is 0.213 e. The van der Waals surface area contributed by atoms with Crippen molar-refractivity contribution in [1.82, 2.24) is 18.8 Å². The second-order valence-corrected chi connectivity index (χ2v) is 7.91. The third-order valence-corrected chi connectivity index (χ3v) is 5.93. The van der Waals surface area contributed by atoms with E-state index in [1.807, 2.05) is 25.3 Å². The molecule has 6 nitrogen and oxygen atoms in total. The normalized spacial score (nSPS) is 16.6. The molecule has 0 bridgehead atoms. The van der Waals surface area contributed by atoms with Crippen LogP contribution in [0, 0.1) is 12.8 Å². The van der Waals surface area contributed by atoms with Gasteiger partial charge in [0, 0.05) is 55.4 Å². The summed E-state index contributed by atoms with van der Waals surface area (Å²) in [7, 11) is -3.05. The highest BCUT2D eigenvalue weighted by atomic mass is 32.2. The molecular formula is C15H20N4O2S. The van der Waals surface area contributed by atoms with Crippen LogP contribution in [0.2, 0.25) is 0 Å². The van der Waals surface area contributed by atoms with Gasteiger partial charge >= 0.3 is 0 Å². The van der Waals surface area contributed by atoms with Crippen molar-refractivity contribution < 1.29 is 8.42 Å². The second kappa shape index (κ2) is 5.81. The number of nitrogens with zero attached hydrogens (tertiary/aromatic N) is 4. The van der Waals surface area contributed by atoms with E-state index in [2.05, 4.69) is 14.5 Å². The Morgan fingerprint density at radius 3 is 2.59 bits per heavy atom. The molecule has 0 radical (unpaired) electrons. The molecule has 0 atom stereocenters. The first-order valence-corrected chi connectivity index (χ1v) is 9.02. The van der Waals surface area contributed by atoms with E-state index in [1.54, 1.807) is 23.6 Å². The lowest BCUT2D eigenvalue weighted by Gasteiger charge is -2.38. The van der Waals surface area contributed by atoms with Gasteiger partial charge in [0.25, 0.3) is 0 Å². The Bertz CT molecular complexity index is 749. The summed E-state index contributed by atoms with van der Waals surface area (Å²) in [5, 5.41) is 0. The fourth-order valence-corrected chi connectivity index (χ4v) is 3.97. The average molecular weight is 320 g/mol. The van der Waals surface area contributed by atoms with Crippen molar-refractivity contribution in [3.8, 4) is 11.4 Å². The molecular weight excluding hydrogens is 300 g/mol. The summed E-state index contributed by atoms with van der Waals surface area (Å²) in [6.45, 7) is 5.70. The van der Waals surface area contributed by atoms with E-state index in [1.165, 1.54) is 0 Å². The van der Waals surface area contributed by atoms with Crippen LogP contribution in [-0.2, 0) is 16.6 Å². The smallest absolute Gasteiger partial charge is 0.213 e. The highest BCUT2D eigenvalue weighted by molar-refractivity contribution is 7.89. The molecule has 1 aliphatic rings. The molecule has 7 heteroatoms. The number of hydrogen-bond acceptors (Lipinski definition) is 4. The molecule has 0 saturated carbocycles. The van der Waals surface area contributed by atoms with Crippen LogP contribution < -0.4 is 0 Å². The van der Waals surface area contributed by atoms with E-state index >= 15 is 0 Å². The van der Waals surface area contributed by atoms with Crippen molar-refractivity contribution in [1.29, 1.82) is 0 Å². The van der Waals surface area contributed by atoms with Gasteiger partial charge in [0.15, 0.2) is 0 Å². The van der Waals surface area contributed by atoms with Crippen LogP contribution in [0.4, 0.5) is 0 Å². The highest BCUT2D eigenvalue weighted by Gasteiger charge is 2.35. The number of aryl methyl sites for hydroxylation is 1. The van der Waals surface area contributed by atoms with Crippen molar-refractivity contribution in [3.63, 3.8) is 0 Å². The Balaban J connectivity index is 1.74. The zero-order chi connectivity index (χ0) is 15.7. The fraction of sp³-hybridized carbons (Fsp3) is 0.467. The van der Waals surface area contributed by atoms with Crippen LogP contribution in [0.5, 0.6) is 0 Å². The summed E-state index contributed by atoms with van der Waals surface area (Å²) in [6.07, 6.45) is 5.36. The SMILES string of the molecule is CCS(=O)(=O)N1CC(Cn2c(C)cnc2-c2ccncc2)C1. The van der Waals surface area contributed by atoms with Crippen LogP contribution in [0.3, 0.4) is 0 Å². The second-order valence-electron chi connectivity index (χ2n) is 5.65. The van der Waals surface area contributed by atoms with E-state index < -0.39 is 10.0 Å². The van der Waals surface area contributed by atoms with Crippen LogP contribution in [0.25, 0.3) is 11.4 Å². The van der Waals surface area contributed by atoms with E-state index in [0.717, 1.165) is 23.6 Å². The minimum Gasteiger partial charge on any atom is -0.328 e. The summed E-state index contributed by atoms with van der Waals surface area (Å²) in [6, 6.07) is 3.87. The fourth-order valence-electron chi connectivity index (χ4n) is 2.73. The zero-order valence-electron chi connectivity index (χ0n) is 12.8. The predicted molar refractivity (Wildman–Crippen MR) is 84.7 cm³/mol. The molecule has 0 aromatic carbocycles. The van der Waals surface area contributed by atoms with Crippen LogP contribution in [0.1, 0.15) is 12.6 Å². The monoisotopic (exact) mass is 320 g/mol. The van der Waals surface area contributed by atoms with Crippen molar-refractivity contribution in [3.05, 3.63) is 36.4 Å². The van der Waals surface area contributed by atoms with Crippen LogP contribution in [-0.4, -0.2) is 46.1 Å². The quantitative estimate of drug-likeness (QED) is 0.838. The lowest BCUT2D eigenvalue weighted by atomic mass is 10.0. The number of pyridine rings is 1. The van der Waals surface area contributed by atoms with E-state index in [9.17, 15) is 8.42 Å². The van der Waals surface area contributed by atoms with Gasteiger partial charge in [-0.25, -0.2) is 17.7 Å². The third-order valence-electron chi connectivity index (χ3n) is 4.12. The molecule has 3 rings (SSSR count). The maximum absolute atomic E-state index is 11.8. The number of imidazole rings is 1. The Hall–Kier alpha value is -1.73. The maximum atomic E-state index is 11.8. The number of aromatic nitrogens is 3. The molecule has 0 aliphatic carbocycles. The zero-order valence-corrected chi connectivity index (χ0v) is 13.6. The Morgan fingerprint density at radius 1 is 1.27 bits per heavy atom. The van der Waals surface area contributed by atoms with E-state index in [-0.39, 0.29) is 5.75 Å². The Morgan fingerprint density at radius 2 is 1.95 bits per heavy atom. The minimum absolute atomic E-state index is 0.173. The number of rotatable bonds is 5. The molecule has 22 heavy (non-hydrogen) atoms. The molecule has 0 amide bonds. The van der Waals surface area contributed by atoms with Crippen molar-refractivity contribution in [2.24, 2.45) is 5.92 Å². The first-order valence-electron chi connectivity index (χ1n) is 7.41. The molecule has 1 saturated heterocycles. The van der Waals surface area contributed by atoms with E-state index in [4.69, 9.17) is 0 Å². The summed E-state index contributed by atoms with van der Waals surface area (Å²) in [4.78, 5) is 8.52. The molecule has 0 N–H and O–H groups in total. The van der Waals surface area contributed by atoms with Crippen molar-refractivity contribution in [2.45, 2.75) is 20.4 Å². The van der Waals surface area contributed by atoms with Gasteiger partial charge < -0.3 is 4.57 Å². The van der Waals surface area contributed by atoms with Crippen molar-refractivity contribution >= 4 is 10.0 Å². The molecule has 118 valence electrons. The summed E-state index contributed by atoms with van der Waals surface area (Å²) in [5.74, 6) is 1.43. The predicted octanol–water partition coefficient (Wildman–Crippen LogP) is 1.54. The van der Waals surface area contributed by atoms with Crippen molar-refractivity contribution in [2.75, 3.05) is 18.8 Å². The molecule has 0 spiro atoms. The van der Waals surface area contributed by atoms with Crippen LogP contribution >= 0.6 is 0 Å². The number of hydrogen-bond donors (Lipinski definition) is 0.